The van der Waals surface area contributed by atoms with Crippen molar-refractivity contribution in [3.8, 4) is 0 Å². The molecule has 18 heavy (non-hydrogen) atoms. The van der Waals surface area contributed by atoms with Crippen LogP contribution in [0.4, 0.5) is 0 Å². The minimum atomic E-state index is -0.478. The van der Waals surface area contributed by atoms with Gasteiger partial charge in [-0.3, -0.25) is 4.79 Å². The Balaban J connectivity index is 2.20. The molecule has 0 aromatic heterocycles. The molecule has 3 rings (SSSR count). The second-order valence-electron chi connectivity index (χ2n) is 7.91. The maximum absolute atomic E-state index is 12.6. The molecule has 0 spiro atoms. The third-order valence-corrected chi connectivity index (χ3v) is 7.15. The first-order valence-corrected chi connectivity index (χ1v) is 7.38. The predicted octanol–water partition coefficient (Wildman–Crippen LogP) is 3.59. The summed E-state index contributed by atoms with van der Waals surface area (Å²) >= 11 is 0. The van der Waals surface area contributed by atoms with Crippen LogP contribution >= 0.6 is 0 Å². The van der Waals surface area contributed by atoms with E-state index >= 15 is 0 Å². The van der Waals surface area contributed by atoms with E-state index in [9.17, 15) is 4.79 Å². The number of epoxide rings is 1. The maximum atomic E-state index is 12.6. The number of carbonyl (C=O) groups is 1. The molecular weight excluding hydrogens is 224 g/mol. The van der Waals surface area contributed by atoms with Gasteiger partial charge in [0, 0.05) is 11.8 Å². The van der Waals surface area contributed by atoms with Crippen molar-refractivity contribution in [2.24, 2.45) is 22.7 Å². The first-order valence-electron chi connectivity index (χ1n) is 7.38. The Morgan fingerprint density at radius 1 is 1.06 bits per heavy atom. The lowest BCUT2D eigenvalue weighted by molar-refractivity contribution is -0.137. The summed E-state index contributed by atoms with van der Waals surface area (Å²) in [7, 11) is 0. The van der Waals surface area contributed by atoms with Crippen molar-refractivity contribution in [2.75, 3.05) is 0 Å². The number of Topliss-reactive ketones (excluding diaryl/α,β-unsaturated/α-hetero) is 1. The second kappa shape index (κ2) is 3.03. The van der Waals surface area contributed by atoms with Crippen LogP contribution in [0, 0.1) is 22.7 Å². The Hall–Kier alpha value is -0.370. The van der Waals surface area contributed by atoms with Gasteiger partial charge < -0.3 is 4.74 Å². The first kappa shape index (κ1) is 12.7. The predicted molar refractivity (Wildman–Crippen MR) is 71.3 cm³/mol. The van der Waals surface area contributed by atoms with Crippen molar-refractivity contribution in [3.63, 3.8) is 0 Å². The molecule has 0 aromatic rings. The molecule has 0 radical (unpaired) electrons. The van der Waals surface area contributed by atoms with Crippen LogP contribution < -0.4 is 0 Å². The fourth-order valence-corrected chi connectivity index (χ4v) is 5.28. The number of carbonyl (C=O) groups excluding carboxylic acids is 1. The first-order chi connectivity index (χ1) is 8.15. The topological polar surface area (TPSA) is 29.6 Å². The van der Waals surface area contributed by atoms with Crippen LogP contribution in [0.5, 0.6) is 0 Å². The molecule has 102 valence electrons. The van der Waals surface area contributed by atoms with E-state index < -0.39 is 5.60 Å². The molecule has 0 unspecified atom stereocenters. The lowest BCUT2D eigenvalue weighted by Gasteiger charge is -2.55. The number of ether oxygens (including phenoxy) is 1. The summed E-state index contributed by atoms with van der Waals surface area (Å²) in [6.07, 6.45) is 2.77. The van der Waals surface area contributed by atoms with Crippen molar-refractivity contribution >= 4 is 5.78 Å². The standard InChI is InChI=1S/C16H26O2/c1-10-11(2)14(5,6)16-12(17)8-7-9-15(16,18-16)13(10,3)4/h10-11H,7-9H2,1-6H3/t10-,11-,15-,16+/m1/s1. The van der Waals surface area contributed by atoms with Crippen molar-refractivity contribution < 1.29 is 9.53 Å². The minimum Gasteiger partial charge on any atom is -0.353 e. The summed E-state index contributed by atoms with van der Waals surface area (Å²) in [5, 5.41) is 0. The highest BCUT2D eigenvalue weighted by atomic mass is 16.6. The van der Waals surface area contributed by atoms with Crippen LogP contribution in [-0.2, 0) is 9.53 Å². The Kier molecular flexibility index (Phi) is 2.13. The summed E-state index contributed by atoms with van der Waals surface area (Å²) < 4.78 is 6.35. The molecular formula is C16H26O2. The molecule has 0 bridgehead atoms. The smallest absolute Gasteiger partial charge is 0.168 e. The average Bonchev–Trinajstić information content (AvgIpc) is 3.00. The van der Waals surface area contributed by atoms with Crippen molar-refractivity contribution in [1.29, 1.82) is 0 Å². The second-order valence-corrected chi connectivity index (χ2v) is 7.91. The van der Waals surface area contributed by atoms with Gasteiger partial charge in [-0.2, -0.15) is 0 Å². The van der Waals surface area contributed by atoms with Gasteiger partial charge in [-0.15, -0.1) is 0 Å². The number of hydrogen-bond donors (Lipinski definition) is 0. The van der Waals surface area contributed by atoms with Gasteiger partial charge in [0.05, 0.1) is 0 Å². The third-order valence-electron chi connectivity index (χ3n) is 7.15. The van der Waals surface area contributed by atoms with E-state index in [4.69, 9.17) is 4.74 Å². The van der Waals surface area contributed by atoms with Crippen LogP contribution in [0.15, 0.2) is 0 Å². The monoisotopic (exact) mass is 250 g/mol. The zero-order valence-electron chi connectivity index (χ0n) is 12.6. The van der Waals surface area contributed by atoms with Crippen LogP contribution in [0.3, 0.4) is 0 Å². The Bertz CT molecular complexity index is 423. The molecule has 1 saturated heterocycles. The molecule has 2 aliphatic carbocycles. The van der Waals surface area contributed by atoms with Crippen LogP contribution in [0.25, 0.3) is 0 Å². The van der Waals surface area contributed by atoms with Gasteiger partial charge in [0.1, 0.15) is 5.60 Å². The van der Waals surface area contributed by atoms with Crippen LogP contribution in [0.1, 0.15) is 60.8 Å². The van der Waals surface area contributed by atoms with Gasteiger partial charge in [0.15, 0.2) is 11.4 Å². The lowest BCUT2D eigenvalue weighted by atomic mass is 9.44. The molecule has 1 heterocycles. The van der Waals surface area contributed by atoms with Gasteiger partial charge in [0.25, 0.3) is 0 Å². The van der Waals surface area contributed by atoms with E-state index in [1.165, 1.54) is 0 Å². The van der Waals surface area contributed by atoms with Crippen molar-refractivity contribution in [3.05, 3.63) is 0 Å². The highest BCUT2D eigenvalue weighted by Crippen LogP contribution is 2.77. The Labute approximate surface area is 110 Å². The summed E-state index contributed by atoms with van der Waals surface area (Å²) in [5.74, 6) is 1.45. The Morgan fingerprint density at radius 3 is 2.22 bits per heavy atom. The largest absolute Gasteiger partial charge is 0.353 e. The number of rotatable bonds is 0. The van der Waals surface area contributed by atoms with E-state index in [1.54, 1.807) is 0 Å². The van der Waals surface area contributed by atoms with E-state index in [1.807, 2.05) is 0 Å². The molecule has 0 aromatic carbocycles. The number of ketones is 1. The minimum absolute atomic E-state index is 0.0422. The molecule has 2 nitrogen and oxygen atoms in total. The fourth-order valence-electron chi connectivity index (χ4n) is 5.28. The van der Waals surface area contributed by atoms with Gasteiger partial charge in [0.2, 0.25) is 0 Å². The molecule has 3 aliphatic rings. The molecule has 4 atom stereocenters. The summed E-state index contributed by atoms with van der Waals surface area (Å²) in [6, 6.07) is 0. The van der Waals surface area contributed by atoms with Crippen LogP contribution in [-0.4, -0.2) is 17.0 Å². The highest BCUT2D eigenvalue weighted by molar-refractivity contribution is 5.94. The fraction of sp³-hybridized carbons (Fsp3) is 0.938. The SMILES string of the molecule is C[C@@H]1[C@@H](C)C(C)(C)[C@]23O[C@]2(CCCC3=O)C1(C)C. The van der Waals surface area contributed by atoms with E-state index in [2.05, 4.69) is 41.5 Å². The van der Waals surface area contributed by atoms with Crippen molar-refractivity contribution in [1.82, 2.24) is 0 Å². The van der Waals surface area contributed by atoms with Gasteiger partial charge >= 0.3 is 0 Å². The molecule has 3 fully saturated rings. The molecule has 2 saturated carbocycles. The van der Waals surface area contributed by atoms with Crippen molar-refractivity contribution in [2.45, 2.75) is 72.0 Å². The van der Waals surface area contributed by atoms with Gasteiger partial charge in [-0.1, -0.05) is 41.5 Å². The molecule has 0 amide bonds. The average molecular weight is 250 g/mol. The third kappa shape index (κ3) is 0.941. The Morgan fingerprint density at radius 2 is 1.61 bits per heavy atom. The maximum Gasteiger partial charge on any atom is 0.168 e. The molecule has 2 heteroatoms. The summed E-state index contributed by atoms with van der Waals surface area (Å²) in [5.41, 5.74) is -0.601. The molecule has 1 aliphatic heterocycles. The number of hydrogen-bond acceptors (Lipinski definition) is 2. The zero-order chi connectivity index (χ0) is 13.6. The lowest BCUT2D eigenvalue weighted by Crippen LogP contribution is -2.63. The molecule has 0 N–H and O–H groups in total. The quantitative estimate of drug-likeness (QED) is 0.615. The van der Waals surface area contributed by atoms with E-state index in [-0.39, 0.29) is 16.4 Å². The van der Waals surface area contributed by atoms with Crippen LogP contribution in [0.2, 0.25) is 0 Å². The normalized spacial score (nSPS) is 52.4. The van der Waals surface area contributed by atoms with Gasteiger partial charge in [-0.05, 0) is 30.1 Å². The zero-order valence-corrected chi connectivity index (χ0v) is 12.6. The summed E-state index contributed by atoms with van der Waals surface area (Å²) in [6.45, 7) is 13.7. The summed E-state index contributed by atoms with van der Waals surface area (Å²) in [4.78, 5) is 12.6. The van der Waals surface area contributed by atoms with Gasteiger partial charge in [-0.25, -0.2) is 0 Å². The van der Waals surface area contributed by atoms with E-state index in [0.29, 0.717) is 24.0 Å². The van der Waals surface area contributed by atoms with E-state index in [0.717, 1.165) is 12.8 Å². The highest BCUT2D eigenvalue weighted by Gasteiger charge is 2.88.